The molecule has 2 aliphatic heterocycles. The van der Waals surface area contributed by atoms with Gasteiger partial charge in [-0.2, -0.15) is 0 Å². The summed E-state index contributed by atoms with van der Waals surface area (Å²) in [7, 11) is 0. The summed E-state index contributed by atoms with van der Waals surface area (Å²) in [6.07, 6.45) is 4.00. The predicted molar refractivity (Wildman–Crippen MR) is 136 cm³/mol. The van der Waals surface area contributed by atoms with Crippen LogP contribution in [0.3, 0.4) is 0 Å². The van der Waals surface area contributed by atoms with E-state index in [1.807, 2.05) is 69.7 Å². The maximum absolute atomic E-state index is 4.79. The van der Waals surface area contributed by atoms with E-state index >= 15 is 0 Å². The van der Waals surface area contributed by atoms with Crippen LogP contribution in [-0.2, 0) is 22.4 Å². The number of hydrogen-bond donors (Lipinski definition) is 0. The maximum atomic E-state index is 4.79. The third kappa shape index (κ3) is 5.18. The zero-order valence-electron chi connectivity index (χ0n) is 18.9. The van der Waals surface area contributed by atoms with E-state index in [9.17, 15) is 0 Å². The molecule has 0 saturated carbocycles. The molecule has 0 saturated heterocycles. The van der Waals surface area contributed by atoms with E-state index in [1.54, 1.807) is 0 Å². The molecule has 0 aliphatic carbocycles. The summed E-state index contributed by atoms with van der Waals surface area (Å²) in [6.45, 7) is 4.23. The van der Waals surface area contributed by atoms with Crippen molar-refractivity contribution in [1.29, 1.82) is 0 Å². The molecule has 4 aromatic rings. The molecule has 0 spiro atoms. The first-order valence-corrected chi connectivity index (χ1v) is 11.7. The normalized spacial score (nSPS) is 12.6. The molecule has 0 aromatic heterocycles. The molecular weight excluding hydrogens is 619 g/mol. The van der Waals surface area contributed by atoms with Gasteiger partial charge in [-0.3, -0.25) is 0 Å². The van der Waals surface area contributed by atoms with Crippen molar-refractivity contribution in [3.8, 4) is 0 Å². The van der Waals surface area contributed by atoms with E-state index in [0.29, 0.717) is 0 Å². The Hall–Kier alpha value is -3.11. The first kappa shape index (κ1) is 24.0. The summed E-state index contributed by atoms with van der Waals surface area (Å²) in [5.41, 5.74) is 6.99. The average Bonchev–Trinajstić information content (AvgIpc) is 3.36. The van der Waals surface area contributed by atoms with Crippen molar-refractivity contribution in [2.45, 2.75) is 23.6 Å². The Labute approximate surface area is 220 Å². The summed E-state index contributed by atoms with van der Waals surface area (Å²) < 4.78 is 3.96. The van der Waals surface area contributed by atoms with Crippen LogP contribution in [-0.4, -0.2) is 15.2 Å². The molecule has 2 aliphatic rings. The minimum atomic E-state index is 0. The number of rotatable bonds is 2. The fourth-order valence-corrected chi connectivity index (χ4v) is 4.86. The van der Waals surface area contributed by atoms with Gasteiger partial charge in [0.2, 0.25) is 11.4 Å². The largest absolute Gasteiger partial charge is 1.00 e. The first-order valence-electron chi connectivity index (χ1n) is 10.9. The number of para-hydroxylation sites is 4. The van der Waals surface area contributed by atoms with Gasteiger partial charge >= 0.3 is 28.4 Å². The Bertz CT molecular complexity index is 1300. The molecule has 3 nitrogen and oxygen atoms in total. The zero-order valence-corrected chi connectivity index (χ0v) is 21.9. The zero-order chi connectivity index (χ0) is 22.6. The second kappa shape index (κ2) is 10.9. The Balaban J connectivity index is 0.000000157. The van der Waals surface area contributed by atoms with Gasteiger partial charge in [-0.05, 0) is 35.8 Å². The van der Waals surface area contributed by atoms with Gasteiger partial charge in [0.1, 0.15) is 0 Å². The average molecular weight is 644 g/mol. The second-order valence-electron chi connectivity index (χ2n) is 7.87. The Morgan fingerprint density at radius 1 is 0.588 bits per heavy atom. The van der Waals surface area contributed by atoms with Gasteiger partial charge in [0.25, 0.3) is 12.4 Å². The van der Waals surface area contributed by atoms with Crippen molar-refractivity contribution in [3.05, 3.63) is 126 Å². The van der Waals surface area contributed by atoms with Crippen LogP contribution < -0.4 is 0 Å². The van der Waals surface area contributed by atoms with E-state index in [1.165, 1.54) is 20.9 Å². The third-order valence-electron chi connectivity index (χ3n) is 5.49. The van der Waals surface area contributed by atoms with Crippen LogP contribution in [0.15, 0.2) is 119 Å². The van der Waals surface area contributed by atoms with Crippen molar-refractivity contribution >= 4 is 40.5 Å². The van der Waals surface area contributed by atoms with Crippen molar-refractivity contribution in [3.63, 3.8) is 0 Å². The summed E-state index contributed by atoms with van der Waals surface area (Å²) in [5.74, 6) is 0. The van der Waals surface area contributed by atoms with Gasteiger partial charge in [-0.25, -0.2) is 0 Å². The Kier molecular flexibility index (Phi) is 7.69. The molecule has 0 unspecified atom stereocenters. The molecular formula is C29H24AuN3S+2. The van der Waals surface area contributed by atoms with Crippen LogP contribution in [0.4, 0.5) is 22.7 Å². The summed E-state index contributed by atoms with van der Waals surface area (Å²) in [5, 5.41) is 4.79. The SMILES string of the molecule is C1=[N+](c2ccccc2)C=C[N+]=1c1ccccc1.Cc1cccc2c1[N-]c1c(C)cccc1S2.[Au+]. The van der Waals surface area contributed by atoms with Crippen molar-refractivity contribution in [2.75, 3.05) is 0 Å². The number of nitrogens with zero attached hydrogens (tertiary/aromatic N) is 3. The van der Waals surface area contributed by atoms with Gasteiger partial charge in [0.15, 0.2) is 0 Å². The van der Waals surface area contributed by atoms with Crippen LogP contribution in [0, 0.1) is 13.8 Å². The topological polar surface area (TPSA) is 20.1 Å². The van der Waals surface area contributed by atoms with Gasteiger partial charge < -0.3 is 5.32 Å². The van der Waals surface area contributed by atoms with E-state index < -0.39 is 0 Å². The van der Waals surface area contributed by atoms with Crippen molar-refractivity contribution in [2.24, 2.45) is 0 Å². The molecule has 34 heavy (non-hydrogen) atoms. The number of hydrogen-bond acceptors (Lipinski definition) is 1. The molecule has 6 rings (SSSR count). The van der Waals surface area contributed by atoms with Crippen LogP contribution in [0.2, 0.25) is 0 Å². The molecule has 4 aromatic carbocycles. The van der Waals surface area contributed by atoms with Crippen molar-refractivity contribution in [1.82, 2.24) is 0 Å². The molecule has 2 heterocycles. The quantitative estimate of drug-likeness (QED) is 0.140. The van der Waals surface area contributed by atoms with Gasteiger partial charge in [0.05, 0.1) is 0 Å². The minimum Gasteiger partial charge on any atom is -0.656 e. The third-order valence-corrected chi connectivity index (χ3v) is 6.59. The Morgan fingerprint density at radius 3 is 1.47 bits per heavy atom. The van der Waals surface area contributed by atoms with Crippen molar-refractivity contribution < 1.29 is 31.5 Å². The molecule has 170 valence electrons. The first-order chi connectivity index (χ1) is 16.2. The van der Waals surface area contributed by atoms with Gasteiger partial charge in [0, 0.05) is 24.3 Å². The summed E-state index contributed by atoms with van der Waals surface area (Å²) in [4.78, 5) is 2.52. The van der Waals surface area contributed by atoms with E-state index in [-0.39, 0.29) is 22.4 Å². The molecule has 0 amide bonds. The minimum absolute atomic E-state index is 0. The molecule has 0 N–H and O–H groups in total. The summed E-state index contributed by atoms with van der Waals surface area (Å²) >= 11 is 1.82. The monoisotopic (exact) mass is 643 g/mol. The molecule has 0 fully saturated rings. The van der Waals surface area contributed by atoms with E-state index in [2.05, 4.69) is 80.5 Å². The smallest absolute Gasteiger partial charge is 0.656 e. The molecule has 0 bridgehead atoms. The van der Waals surface area contributed by atoms with Gasteiger partial charge in [-0.1, -0.05) is 92.7 Å². The summed E-state index contributed by atoms with van der Waals surface area (Å²) in [6, 6.07) is 36.3. The van der Waals surface area contributed by atoms with Crippen LogP contribution in [0.25, 0.3) is 5.32 Å². The van der Waals surface area contributed by atoms with Crippen LogP contribution in [0.1, 0.15) is 11.1 Å². The second-order valence-corrected chi connectivity index (χ2v) is 8.95. The van der Waals surface area contributed by atoms with Gasteiger partial charge in [-0.15, -0.1) is 11.4 Å². The van der Waals surface area contributed by atoms with E-state index in [0.717, 1.165) is 22.7 Å². The fraction of sp³-hybridized carbons (Fsp3) is 0.0690. The molecule has 0 radical (unpaired) electrons. The standard InChI is InChI=1S/C15H12N2.C14H12NS.Au/c1-3-7-14(8-4-1)16-11-12-17(13-16)15-9-5-2-6-10-15;1-9-5-3-7-11-13(9)15-14-10(2)6-4-8-12(14)16-11;/h1-12H;3-8H,1-2H3;/q+2;-1;+1. The predicted octanol–water partition coefficient (Wildman–Crippen LogP) is 8.44. The van der Waals surface area contributed by atoms with E-state index in [4.69, 9.17) is 5.32 Å². The number of benzene rings is 4. The fourth-order valence-electron chi connectivity index (χ4n) is 3.73. The molecule has 5 heteroatoms. The number of fused-ring (bicyclic) bond motifs is 2. The van der Waals surface area contributed by atoms with Crippen LogP contribution >= 0.6 is 11.8 Å². The number of aryl methyl sites for hydroxylation is 2. The van der Waals surface area contributed by atoms with Crippen LogP contribution in [0.5, 0.6) is 0 Å². The maximum Gasteiger partial charge on any atom is 1.00 e. The molecule has 0 atom stereocenters. The Morgan fingerprint density at radius 2 is 1.03 bits per heavy atom.